The number of carbonyl (C=O) groups excluding carboxylic acids is 1. The number of carboxylic acids is 2. The van der Waals surface area contributed by atoms with Crippen molar-refractivity contribution in [1.29, 1.82) is 0 Å². The first-order valence-electron chi connectivity index (χ1n) is 14.0. The first kappa shape index (κ1) is 29.9. The molecule has 0 spiro atoms. The number of ether oxygens (including phenoxy) is 1. The van der Waals surface area contributed by atoms with Gasteiger partial charge in [0, 0.05) is 40.2 Å². The molecule has 0 radical (unpaired) electrons. The Bertz CT molecular complexity index is 2110. The van der Waals surface area contributed by atoms with Gasteiger partial charge in [-0.1, -0.05) is 0 Å². The second-order valence-corrected chi connectivity index (χ2v) is 10.4. The maximum Gasteiger partial charge on any atom is 0.341 e. The summed E-state index contributed by atoms with van der Waals surface area (Å²) in [6, 6.07) is 19.5. The molecule has 0 unspecified atom stereocenters. The van der Waals surface area contributed by atoms with Crippen LogP contribution in [0.4, 0.5) is 8.78 Å². The lowest BCUT2D eigenvalue weighted by atomic mass is 10.0. The molecule has 0 saturated heterocycles. The topological polar surface area (TPSA) is 154 Å². The SMILES string of the molecule is O=C(O)COc1ccc2[nH]cc(C[C@H](NC(=O)c3ccc4nc(-c5ccc(F)cc5)c(-c5ccc(F)cc5)nc4c3)C(=O)O)c2c1. The molecule has 46 heavy (non-hydrogen) atoms. The molecule has 6 rings (SSSR count). The van der Waals surface area contributed by atoms with E-state index in [9.17, 15) is 28.3 Å². The van der Waals surface area contributed by atoms with Crippen molar-refractivity contribution in [3.63, 3.8) is 0 Å². The van der Waals surface area contributed by atoms with Crippen molar-refractivity contribution in [2.45, 2.75) is 12.5 Å². The summed E-state index contributed by atoms with van der Waals surface area (Å²) in [5, 5.41) is 22.0. The van der Waals surface area contributed by atoms with Crippen molar-refractivity contribution in [1.82, 2.24) is 20.3 Å². The van der Waals surface area contributed by atoms with Crippen LogP contribution >= 0.6 is 0 Å². The lowest BCUT2D eigenvalue weighted by Crippen LogP contribution is -2.42. The van der Waals surface area contributed by atoms with E-state index < -0.39 is 42.1 Å². The number of halogens is 2. The molecule has 0 aliphatic carbocycles. The summed E-state index contributed by atoms with van der Waals surface area (Å²) in [5.74, 6) is -3.62. The van der Waals surface area contributed by atoms with E-state index in [1.807, 2.05) is 0 Å². The van der Waals surface area contributed by atoms with Crippen LogP contribution in [0.1, 0.15) is 15.9 Å². The standard InChI is InChI=1S/C34H24F2N4O6/c35-22-6-1-18(2-7-22)31-32(19-3-8-23(36)9-4-19)39-28-13-20(5-11-27(28)38-31)33(43)40-29(34(44)45)14-21-16-37-26-12-10-24(15-25(21)26)46-17-30(41)42/h1-13,15-16,29,37H,14,17H2,(H,40,43)(H,41,42)(H,44,45)/t29-/m0/s1. The van der Waals surface area contributed by atoms with Crippen LogP contribution in [0.2, 0.25) is 0 Å². The molecule has 230 valence electrons. The van der Waals surface area contributed by atoms with Gasteiger partial charge in [-0.15, -0.1) is 0 Å². The minimum absolute atomic E-state index is 0.0768. The van der Waals surface area contributed by atoms with E-state index in [4.69, 9.17) is 19.8 Å². The molecule has 0 saturated carbocycles. The van der Waals surface area contributed by atoms with Crippen molar-refractivity contribution in [2.75, 3.05) is 6.61 Å². The first-order valence-corrected chi connectivity index (χ1v) is 14.0. The molecule has 12 heteroatoms. The minimum atomic E-state index is -1.31. The number of fused-ring (bicyclic) bond motifs is 2. The maximum atomic E-state index is 13.7. The molecule has 4 N–H and O–H groups in total. The third-order valence-electron chi connectivity index (χ3n) is 7.29. The lowest BCUT2D eigenvalue weighted by molar-refractivity contribution is -0.140. The van der Waals surface area contributed by atoms with Crippen LogP contribution < -0.4 is 10.1 Å². The van der Waals surface area contributed by atoms with Gasteiger partial charge in [0.25, 0.3) is 5.91 Å². The molecule has 1 atom stereocenters. The number of hydrogen-bond acceptors (Lipinski definition) is 6. The Morgan fingerprint density at radius 3 is 2.04 bits per heavy atom. The molecular formula is C34H24F2N4O6. The Kier molecular flexibility index (Phi) is 8.08. The molecule has 0 bridgehead atoms. The molecule has 2 aromatic heterocycles. The van der Waals surface area contributed by atoms with Gasteiger partial charge in [0.15, 0.2) is 6.61 Å². The number of hydrogen-bond donors (Lipinski definition) is 4. The average Bonchev–Trinajstić information content (AvgIpc) is 3.45. The fourth-order valence-corrected chi connectivity index (χ4v) is 5.04. The van der Waals surface area contributed by atoms with Gasteiger partial charge in [-0.3, -0.25) is 4.79 Å². The van der Waals surface area contributed by atoms with Gasteiger partial charge in [0.1, 0.15) is 23.4 Å². The molecular weight excluding hydrogens is 598 g/mol. The quantitative estimate of drug-likeness (QED) is 0.154. The van der Waals surface area contributed by atoms with Crippen molar-refractivity contribution in [3.05, 3.63) is 114 Å². The number of aromatic nitrogens is 3. The number of carboxylic acid groups (broad SMARTS) is 2. The van der Waals surface area contributed by atoms with E-state index in [0.29, 0.717) is 55.8 Å². The van der Waals surface area contributed by atoms with Gasteiger partial charge >= 0.3 is 11.9 Å². The van der Waals surface area contributed by atoms with Crippen LogP contribution in [0.25, 0.3) is 44.5 Å². The molecule has 10 nitrogen and oxygen atoms in total. The van der Waals surface area contributed by atoms with Crippen LogP contribution in [-0.2, 0) is 16.0 Å². The van der Waals surface area contributed by atoms with E-state index >= 15 is 0 Å². The summed E-state index contributed by atoms with van der Waals surface area (Å²) < 4.78 is 32.6. The fourth-order valence-electron chi connectivity index (χ4n) is 5.04. The zero-order chi connectivity index (χ0) is 32.4. The fraction of sp³-hybridized carbons (Fsp3) is 0.0882. The van der Waals surface area contributed by atoms with Gasteiger partial charge in [-0.25, -0.2) is 28.3 Å². The summed E-state index contributed by atoms with van der Waals surface area (Å²) in [6.45, 7) is -0.534. The van der Waals surface area contributed by atoms with Crippen LogP contribution in [0.15, 0.2) is 91.1 Å². The Balaban J connectivity index is 1.30. The highest BCUT2D eigenvalue weighted by Gasteiger charge is 2.24. The maximum absolute atomic E-state index is 13.7. The van der Waals surface area contributed by atoms with Crippen LogP contribution in [-0.4, -0.2) is 55.7 Å². The monoisotopic (exact) mass is 622 g/mol. The predicted molar refractivity (Wildman–Crippen MR) is 164 cm³/mol. The predicted octanol–water partition coefficient (Wildman–Crippen LogP) is 5.61. The van der Waals surface area contributed by atoms with Gasteiger partial charge in [0.2, 0.25) is 0 Å². The Hall–Kier alpha value is -6.17. The normalized spacial score (nSPS) is 11.8. The van der Waals surface area contributed by atoms with E-state index in [1.165, 1.54) is 48.5 Å². The summed E-state index contributed by atoms with van der Waals surface area (Å²) >= 11 is 0. The number of H-pyrrole nitrogens is 1. The summed E-state index contributed by atoms with van der Waals surface area (Å²) in [4.78, 5) is 48.9. The van der Waals surface area contributed by atoms with Gasteiger partial charge < -0.3 is 25.3 Å². The van der Waals surface area contributed by atoms with Crippen LogP contribution in [0.3, 0.4) is 0 Å². The molecule has 2 heterocycles. The van der Waals surface area contributed by atoms with E-state index in [1.54, 1.807) is 42.6 Å². The zero-order valence-corrected chi connectivity index (χ0v) is 23.8. The van der Waals surface area contributed by atoms with Crippen LogP contribution in [0.5, 0.6) is 5.75 Å². The van der Waals surface area contributed by atoms with E-state index in [-0.39, 0.29) is 12.0 Å². The molecule has 1 amide bonds. The highest BCUT2D eigenvalue weighted by molar-refractivity contribution is 6.00. The second kappa shape index (κ2) is 12.4. The van der Waals surface area contributed by atoms with Crippen molar-refractivity contribution < 1.29 is 38.1 Å². The van der Waals surface area contributed by atoms with Crippen molar-refractivity contribution in [3.8, 4) is 28.3 Å². The summed E-state index contributed by atoms with van der Waals surface area (Å²) in [6.07, 6.45) is 1.54. The number of amides is 1. The lowest BCUT2D eigenvalue weighted by Gasteiger charge is -2.15. The summed E-state index contributed by atoms with van der Waals surface area (Å²) in [5.41, 5.74) is 4.08. The molecule has 6 aromatic rings. The number of nitrogens with zero attached hydrogens (tertiary/aromatic N) is 2. The van der Waals surface area contributed by atoms with Crippen LogP contribution in [0, 0.1) is 11.6 Å². The zero-order valence-electron chi connectivity index (χ0n) is 23.8. The third kappa shape index (κ3) is 6.36. The van der Waals surface area contributed by atoms with Gasteiger partial charge in [-0.2, -0.15) is 0 Å². The molecule has 0 aliphatic heterocycles. The largest absolute Gasteiger partial charge is 0.482 e. The van der Waals surface area contributed by atoms with Crippen molar-refractivity contribution in [2.24, 2.45) is 0 Å². The number of nitrogens with one attached hydrogen (secondary N) is 2. The highest BCUT2D eigenvalue weighted by atomic mass is 19.1. The number of carbonyl (C=O) groups is 3. The first-order chi connectivity index (χ1) is 22.1. The summed E-state index contributed by atoms with van der Waals surface area (Å²) in [7, 11) is 0. The highest BCUT2D eigenvalue weighted by Crippen LogP contribution is 2.32. The van der Waals surface area contributed by atoms with Gasteiger partial charge in [-0.05, 0) is 90.5 Å². The third-order valence-corrected chi connectivity index (χ3v) is 7.29. The Morgan fingerprint density at radius 1 is 0.804 bits per heavy atom. The number of rotatable bonds is 10. The van der Waals surface area contributed by atoms with Crippen molar-refractivity contribution >= 4 is 39.8 Å². The molecule has 4 aromatic carbocycles. The number of aliphatic carboxylic acids is 2. The minimum Gasteiger partial charge on any atom is -0.482 e. The van der Waals surface area contributed by atoms with E-state index in [0.717, 1.165) is 0 Å². The molecule has 0 aliphatic rings. The molecule has 0 fully saturated rings. The second-order valence-electron chi connectivity index (χ2n) is 10.4. The Labute approximate surface area is 259 Å². The Morgan fingerprint density at radius 2 is 1.43 bits per heavy atom. The smallest absolute Gasteiger partial charge is 0.341 e. The van der Waals surface area contributed by atoms with Gasteiger partial charge in [0.05, 0.1) is 22.4 Å². The van der Waals surface area contributed by atoms with E-state index in [2.05, 4.69) is 10.3 Å². The average molecular weight is 623 g/mol. The number of benzene rings is 4. The number of aromatic amines is 1.